The second-order valence-corrected chi connectivity index (χ2v) is 2.16. The molecule has 1 aromatic rings. The molecule has 4 heteroatoms. The lowest BCUT2D eigenvalue weighted by Crippen LogP contribution is -2.25. The van der Waals surface area contributed by atoms with Crippen molar-refractivity contribution < 1.29 is 0 Å². The Morgan fingerprint density at radius 2 is 1.20 bits per heavy atom. The third-order valence-corrected chi connectivity index (χ3v) is 1.32. The predicted octanol–water partition coefficient (Wildman–Crippen LogP) is -1.32. The van der Waals surface area contributed by atoms with Crippen LogP contribution in [0.3, 0.4) is 0 Å². The van der Waals surface area contributed by atoms with Crippen molar-refractivity contribution in [2.75, 3.05) is 0 Å². The molecule has 46 valence electrons. The summed E-state index contributed by atoms with van der Waals surface area (Å²) in [5.74, 6) is 0. The van der Waals surface area contributed by atoms with Crippen LogP contribution in [0.25, 0.3) is 0 Å². The lowest BCUT2D eigenvalue weighted by atomic mass is 9.97. The van der Waals surface area contributed by atoms with Crippen LogP contribution in [-0.4, -0.2) is 25.7 Å². The van der Waals surface area contributed by atoms with Gasteiger partial charge < -0.3 is 0 Å². The Hall–Kier alpha value is -0.790. The molecular weight excluding hydrogens is 122 g/mol. The number of aryl methyl sites for hydroxylation is 2. The van der Waals surface area contributed by atoms with E-state index in [9.17, 15) is 0 Å². The van der Waals surface area contributed by atoms with Crippen molar-refractivity contribution in [1.29, 1.82) is 0 Å². The van der Waals surface area contributed by atoms with Gasteiger partial charge in [-0.1, -0.05) is 0 Å². The van der Waals surface area contributed by atoms with Crippen molar-refractivity contribution >= 4 is 26.9 Å². The highest BCUT2D eigenvalue weighted by Crippen LogP contribution is 1.82. The highest BCUT2D eigenvalue weighted by molar-refractivity contribution is 6.34. The Labute approximate surface area is 62.9 Å². The molecule has 4 radical (unpaired) electrons. The van der Waals surface area contributed by atoms with Gasteiger partial charge in [0.05, 0.1) is 0 Å². The molecule has 0 amide bonds. The average molecular weight is 128 g/mol. The van der Waals surface area contributed by atoms with Crippen LogP contribution in [-0.2, 0) is 0 Å². The van der Waals surface area contributed by atoms with Gasteiger partial charge in [-0.25, -0.2) is 0 Å². The first-order chi connectivity index (χ1) is 4.61. The minimum Gasteiger partial charge on any atom is -0.267 e. The van der Waals surface area contributed by atoms with Gasteiger partial charge in [-0.05, 0) is 13.8 Å². The molecule has 1 aromatic heterocycles. The van der Waals surface area contributed by atoms with Crippen LogP contribution in [0, 0.1) is 13.8 Å². The van der Waals surface area contributed by atoms with Gasteiger partial charge in [-0.3, -0.25) is 9.97 Å². The largest absolute Gasteiger partial charge is 0.267 e. The molecule has 0 bridgehead atoms. The zero-order valence-corrected chi connectivity index (χ0v) is 6.05. The molecule has 0 unspecified atom stereocenters. The minimum absolute atomic E-state index is 0.451. The van der Waals surface area contributed by atoms with E-state index in [2.05, 4.69) is 9.97 Å². The summed E-state index contributed by atoms with van der Waals surface area (Å²) in [6.07, 6.45) is 0. The summed E-state index contributed by atoms with van der Waals surface area (Å²) in [5, 5.41) is 0. The fourth-order valence-corrected chi connectivity index (χ4v) is 0.638. The molecule has 0 spiro atoms. The first-order valence-electron chi connectivity index (χ1n) is 2.97. The first-order valence-corrected chi connectivity index (χ1v) is 2.97. The topological polar surface area (TPSA) is 25.8 Å². The maximum atomic E-state index is 5.46. The smallest absolute Gasteiger partial charge is 0.144 e. The Kier molecular flexibility index (Phi) is 1.79. The van der Waals surface area contributed by atoms with Gasteiger partial charge in [-0.15, -0.1) is 0 Å². The number of nitrogens with zero attached hydrogens (tertiary/aromatic N) is 2. The van der Waals surface area contributed by atoms with Crippen LogP contribution in [0.2, 0.25) is 0 Å². The molecule has 1 rings (SSSR count). The van der Waals surface area contributed by atoms with Crippen LogP contribution in [0.5, 0.6) is 0 Å². The van der Waals surface area contributed by atoms with E-state index in [0.29, 0.717) is 22.6 Å². The van der Waals surface area contributed by atoms with Crippen molar-refractivity contribution in [3.8, 4) is 0 Å². The van der Waals surface area contributed by atoms with Crippen LogP contribution in [0.15, 0.2) is 0 Å². The average Bonchev–Trinajstić information content (AvgIpc) is 1.84. The zero-order valence-electron chi connectivity index (χ0n) is 6.05. The van der Waals surface area contributed by atoms with Crippen molar-refractivity contribution in [2.24, 2.45) is 0 Å². The molecule has 10 heavy (non-hydrogen) atoms. The molecular formula is C6H6B2N2. The van der Waals surface area contributed by atoms with Gasteiger partial charge in [-0.2, -0.15) is 0 Å². The van der Waals surface area contributed by atoms with E-state index in [1.807, 2.05) is 0 Å². The summed E-state index contributed by atoms with van der Waals surface area (Å²) < 4.78 is 0. The van der Waals surface area contributed by atoms with E-state index >= 15 is 0 Å². The normalized spacial score (nSPS) is 9.80. The monoisotopic (exact) mass is 128 g/mol. The van der Waals surface area contributed by atoms with E-state index < -0.39 is 0 Å². The molecule has 0 fully saturated rings. The molecule has 2 nitrogen and oxygen atoms in total. The van der Waals surface area contributed by atoms with Crippen LogP contribution >= 0.6 is 0 Å². The maximum absolute atomic E-state index is 5.46. The molecule has 0 aliphatic heterocycles. The summed E-state index contributed by atoms with van der Waals surface area (Å²) in [6, 6.07) is 0. The summed E-state index contributed by atoms with van der Waals surface area (Å²) in [6.45, 7) is 3.55. The molecule has 0 saturated heterocycles. The fourth-order valence-electron chi connectivity index (χ4n) is 0.638. The molecule has 0 atom stereocenters. The molecule has 0 N–H and O–H groups in total. The zero-order chi connectivity index (χ0) is 7.72. The van der Waals surface area contributed by atoms with Crippen LogP contribution in [0.1, 0.15) is 11.4 Å². The Morgan fingerprint density at radius 3 is 1.50 bits per heavy atom. The lowest BCUT2D eigenvalue weighted by Gasteiger charge is -2.03. The second kappa shape index (κ2) is 2.45. The van der Waals surface area contributed by atoms with Crippen molar-refractivity contribution in [2.45, 2.75) is 13.8 Å². The molecule has 1 heterocycles. The van der Waals surface area contributed by atoms with Crippen LogP contribution in [0.4, 0.5) is 0 Å². The van der Waals surface area contributed by atoms with Crippen molar-refractivity contribution in [1.82, 2.24) is 9.97 Å². The number of rotatable bonds is 0. The summed E-state index contributed by atoms with van der Waals surface area (Å²) in [7, 11) is 10.9. The van der Waals surface area contributed by atoms with Gasteiger partial charge in [0.25, 0.3) is 0 Å². The standard InChI is InChI=1S/C6H6B2N2/c1-3-5(7)10-4(2)6(8)9-3/h1-2H3. The Bertz CT molecular complexity index is 210. The van der Waals surface area contributed by atoms with Crippen molar-refractivity contribution in [3.05, 3.63) is 11.4 Å². The molecule has 0 aliphatic carbocycles. The second-order valence-electron chi connectivity index (χ2n) is 2.16. The van der Waals surface area contributed by atoms with E-state index in [4.69, 9.17) is 15.7 Å². The lowest BCUT2D eigenvalue weighted by molar-refractivity contribution is 1.13. The summed E-state index contributed by atoms with van der Waals surface area (Å²) in [5.41, 5.74) is 2.27. The van der Waals surface area contributed by atoms with Crippen molar-refractivity contribution in [3.63, 3.8) is 0 Å². The van der Waals surface area contributed by atoms with Gasteiger partial charge in [0, 0.05) is 22.6 Å². The number of aromatic nitrogens is 2. The van der Waals surface area contributed by atoms with E-state index in [1.165, 1.54) is 0 Å². The van der Waals surface area contributed by atoms with Gasteiger partial charge in [0.2, 0.25) is 0 Å². The summed E-state index contributed by atoms with van der Waals surface area (Å²) >= 11 is 0. The third kappa shape index (κ3) is 1.20. The first kappa shape index (κ1) is 7.32. The summed E-state index contributed by atoms with van der Waals surface area (Å²) in [4.78, 5) is 7.93. The molecule has 0 saturated carbocycles. The minimum atomic E-state index is 0.451. The quantitative estimate of drug-likeness (QED) is 0.405. The fraction of sp³-hybridized carbons (Fsp3) is 0.333. The van der Waals surface area contributed by atoms with Gasteiger partial charge >= 0.3 is 0 Å². The highest BCUT2D eigenvalue weighted by atomic mass is 14.8. The maximum Gasteiger partial charge on any atom is 0.144 e. The predicted molar refractivity (Wildman–Crippen MR) is 42.3 cm³/mol. The van der Waals surface area contributed by atoms with E-state index in [0.717, 1.165) is 0 Å². The van der Waals surface area contributed by atoms with E-state index in [-0.39, 0.29) is 0 Å². The highest BCUT2D eigenvalue weighted by Gasteiger charge is 1.97. The third-order valence-electron chi connectivity index (χ3n) is 1.32. The Morgan fingerprint density at radius 1 is 0.900 bits per heavy atom. The molecule has 0 aliphatic rings. The number of hydrogen-bond donors (Lipinski definition) is 0. The van der Waals surface area contributed by atoms with Gasteiger partial charge in [0.15, 0.2) is 0 Å². The van der Waals surface area contributed by atoms with Crippen LogP contribution < -0.4 is 11.2 Å². The van der Waals surface area contributed by atoms with Gasteiger partial charge in [0.1, 0.15) is 15.7 Å². The van der Waals surface area contributed by atoms with E-state index in [1.54, 1.807) is 13.8 Å². The Balaban J connectivity index is 3.28. The number of hydrogen-bond acceptors (Lipinski definition) is 2. The molecule has 0 aromatic carbocycles. The SMILES string of the molecule is [B]c1nc(C)c([B])nc1C.